The maximum atomic E-state index is 11.7. The van der Waals surface area contributed by atoms with Gasteiger partial charge in [-0.2, -0.15) is 24.5 Å². The molecule has 0 aliphatic carbocycles. The SMILES string of the molecule is FC(F)(F)CNCCNCc1ccsc1. The molecule has 0 unspecified atom stereocenters. The molecule has 0 amide bonds. The van der Waals surface area contributed by atoms with E-state index in [1.165, 1.54) is 0 Å². The fourth-order valence-corrected chi connectivity index (χ4v) is 1.70. The highest BCUT2D eigenvalue weighted by Gasteiger charge is 2.25. The van der Waals surface area contributed by atoms with E-state index in [0.29, 0.717) is 19.6 Å². The molecule has 15 heavy (non-hydrogen) atoms. The maximum Gasteiger partial charge on any atom is 0.401 e. The fraction of sp³-hybridized carbons (Fsp3) is 0.556. The molecular weight excluding hydrogens is 225 g/mol. The van der Waals surface area contributed by atoms with Crippen molar-refractivity contribution >= 4 is 11.3 Å². The van der Waals surface area contributed by atoms with Crippen LogP contribution in [0.5, 0.6) is 0 Å². The lowest BCUT2D eigenvalue weighted by Crippen LogP contribution is -2.34. The second-order valence-electron chi connectivity index (χ2n) is 3.10. The van der Waals surface area contributed by atoms with Gasteiger partial charge in [0, 0.05) is 19.6 Å². The molecule has 0 saturated carbocycles. The fourth-order valence-electron chi connectivity index (χ4n) is 1.03. The largest absolute Gasteiger partial charge is 0.401 e. The molecule has 6 heteroatoms. The molecular formula is C9H13F3N2S. The van der Waals surface area contributed by atoms with Crippen LogP contribution in [0.1, 0.15) is 5.56 Å². The van der Waals surface area contributed by atoms with Crippen molar-refractivity contribution < 1.29 is 13.2 Å². The van der Waals surface area contributed by atoms with E-state index in [2.05, 4.69) is 10.6 Å². The van der Waals surface area contributed by atoms with Gasteiger partial charge in [-0.05, 0) is 22.4 Å². The summed E-state index contributed by atoms with van der Waals surface area (Å²) in [6, 6.07) is 1.99. The lowest BCUT2D eigenvalue weighted by atomic mass is 10.3. The van der Waals surface area contributed by atoms with Crippen LogP contribution >= 0.6 is 11.3 Å². The Balaban J connectivity index is 1.94. The molecule has 1 heterocycles. The van der Waals surface area contributed by atoms with Crippen molar-refractivity contribution in [3.8, 4) is 0 Å². The number of rotatable bonds is 6. The van der Waals surface area contributed by atoms with Gasteiger partial charge in [-0.15, -0.1) is 0 Å². The summed E-state index contributed by atoms with van der Waals surface area (Å²) < 4.78 is 35.1. The van der Waals surface area contributed by atoms with Crippen LogP contribution in [0.2, 0.25) is 0 Å². The monoisotopic (exact) mass is 238 g/mol. The van der Waals surface area contributed by atoms with Crippen molar-refractivity contribution in [1.82, 2.24) is 10.6 Å². The van der Waals surface area contributed by atoms with Crippen LogP contribution in [0.25, 0.3) is 0 Å². The summed E-state index contributed by atoms with van der Waals surface area (Å²) >= 11 is 1.61. The van der Waals surface area contributed by atoms with Crippen molar-refractivity contribution in [2.45, 2.75) is 12.7 Å². The summed E-state index contributed by atoms with van der Waals surface area (Å²) in [7, 11) is 0. The molecule has 2 N–H and O–H groups in total. The minimum Gasteiger partial charge on any atom is -0.311 e. The molecule has 2 nitrogen and oxygen atoms in total. The topological polar surface area (TPSA) is 24.1 Å². The molecule has 0 fully saturated rings. The zero-order valence-corrected chi connectivity index (χ0v) is 8.92. The zero-order valence-electron chi connectivity index (χ0n) is 8.10. The highest BCUT2D eigenvalue weighted by Crippen LogP contribution is 2.11. The third-order valence-corrected chi connectivity index (χ3v) is 2.45. The molecule has 0 saturated heterocycles. The van der Waals surface area contributed by atoms with E-state index >= 15 is 0 Å². The van der Waals surface area contributed by atoms with Crippen LogP contribution in [-0.2, 0) is 6.54 Å². The van der Waals surface area contributed by atoms with E-state index in [-0.39, 0.29) is 0 Å². The smallest absolute Gasteiger partial charge is 0.311 e. The first-order valence-electron chi connectivity index (χ1n) is 4.57. The van der Waals surface area contributed by atoms with Crippen LogP contribution in [0.3, 0.4) is 0 Å². The van der Waals surface area contributed by atoms with Gasteiger partial charge >= 0.3 is 6.18 Å². The van der Waals surface area contributed by atoms with Crippen LogP contribution in [0, 0.1) is 0 Å². The van der Waals surface area contributed by atoms with Gasteiger partial charge in [0.2, 0.25) is 0 Å². The van der Waals surface area contributed by atoms with Gasteiger partial charge in [-0.3, -0.25) is 0 Å². The van der Waals surface area contributed by atoms with E-state index in [4.69, 9.17) is 0 Å². The molecule has 0 atom stereocenters. The Labute approximate surface area is 90.5 Å². The normalized spacial score (nSPS) is 11.9. The Morgan fingerprint density at radius 1 is 1.20 bits per heavy atom. The Kier molecular flexibility index (Phi) is 5.07. The van der Waals surface area contributed by atoms with Gasteiger partial charge in [-0.1, -0.05) is 0 Å². The number of nitrogens with one attached hydrogen (secondary N) is 2. The molecule has 86 valence electrons. The number of hydrogen-bond donors (Lipinski definition) is 2. The van der Waals surface area contributed by atoms with Gasteiger partial charge in [0.25, 0.3) is 0 Å². The van der Waals surface area contributed by atoms with Gasteiger partial charge in [0.15, 0.2) is 0 Å². The Morgan fingerprint density at radius 2 is 1.93 bits per heavy atom. The minimum atomic E-state index is -4.12. The molecule has 1 aromatic rings. The highest BCUT2D eigenvalue weighted by molar-refractivity contribution is 7.07. The lowest BCUT2D eigenvalue weighted by Gasteiger charge is -2.08. The first-order chi connectivity index (χ1) is 7.08. The Hall–Kier alpha value is -0.590. The first kappa shape index (κ1) is 12.5. The second-order valence-corrected chi connectivity index (χ2v) is 3.88. The van der Waals surface area contributed by atoms with Gasteiger partial charge < -0.3 is 10.6 Å². The Morgan fingerprint density at radius 3 is 2.53 bits per heavy atom. The molecule has 1 rings (SSSR count). The number of hydrogen-bond acceptors (Lipinski definition) is 3. The molecule has 0 aromatic carbocycles. The second kappa shape index (κ2) is 6.09. The predicted octanol–water partition coefficient (Wildman–Crippen LogP) is 1.99. The van der Waals surface area contributed by atoms with Gasteiger partial charge in [0.1, 0.15) is 0 Å². The van der Waals surface area contributed by atoms with E-state index < -0.39 is 12.7 Å². The number of halogens is 3. The first-order valence-corrected chi connectivity index (χ1v) is 5.51. The number of thiophene rings is 1. The third-order valence-electron chi connectivity index (χ3n) is 1.71. The molecule has 0 radical (unpaired) electrons. The van der Waals surface area contributed by atoms with Crippen molar-refractivity contribution in [2.24, 2.45) is 0 Å². The average Bonchev–Trinajstić information content (AvgIpc) is 2.61. The van der Waals surface area contributed by atoms with Crippen molar-refractivity contribution in [3.05, 3.63) is 22.4 Å². The lowest BCUT2D eigenvalue weighted by molar-refractivity contribution is -0.124. The molecule has 0 aliphatic heterocycles. The predicted molar refractivity (Wildman–Crippen MR) is 55.0 cm³/mol. The van der Waals surface area contributed by atoms with E-state index in [1.807, 2.05) is 16.8 Å². The Bertz CT molecular complexity index is 259. The van der Waals surface area contributed by atoms with Crippen LogP contribution in [0.4, 0.5) is 13.2 Å². The van der Waals surface area contributed by atoms with E-state index in [1.54, 1.807) is 11.3 Å². The van der Waals surface area contributed by atoms with Crippen molar-refractivity contribution in [2.75, 3.05) is 19.6 Å². The quantitative estimate of drug-likeness (QED) is 0.741. The van der Waals surface area contributed by atoms with E-state index in [0.717, 1.165) is 5.56 Å². The summed E-state index contributed by atoms with van der Waals surface area (Å²) in [5.74, 6) is 0. The molecule has 1 aromatic heterocycles. The van der Waals surface area contributed by atoms with E-state index in [9.17, 15) is 13.2 Å². The summed E-state index contributed by atoms with van der Waals surface area (Å²) in [6.07, 6.45) is -4.12. The summed E-state index contributed by atoms with van der Waals surface area (Å²) in [5.41, 5.74) is 1.16. The minimum absolute atomic E-state index is 0.323. The van der Waals surface area contributed by atoms with Crippen molar-refractivity contribution in [1.29, 1.82) is 0 Å². The summed E-state index contributed by atoms with van der Waals surface area (Å²) in [4.78, 5) is 0. The van der Waals surface area contributed by atoms with Crippen molar-refractivity contribution in [3.63, 3.8) is 0 Å². The average molecular weight is 238 g/mol. The van der Waals surface area contributed by atoms with Gasteiger partial charge in [-0.25, -0.2) is 0 Å². The van der Waals surface area contributed by atoms with Crippen LogP contribution in [-0.4, -0.2) is 25.8 Å². The molecule has 0 bridgehead atoms. The van der Waals surface area contributed by atoms with Crippen LogP contribution < -0.4 is 10.6 Å². The number of alkyl halides is 3. The molecule has 0 spiro atoms. The maximum absolute atomic E-state index is 11.7. The standard InChI is InChI=1S/C9H13F3N2S/c10-9(11,12)7-14-3-2-13-5-8-1-4-15-6-8/h1,4,6,13-14H,2-3,5,7H2. The zero-order chi connectivity index (χ0) is 11.1. The van der Waals surface area contributed by atoms with Gasteiger partial charge in [0.05, 0.1) is 6.54 Å². The summed E-state index contributed by atoms with van der Waals surface area (Å²) in [5, 5.41) is 9.35. The van der Waals surface area contributed by atoms with Crippen LogP contribution in [0.15, 0.2) is 16.8 Å². The third kappa shape index (κ3) is 6.48. The highest BCUT2D eigenvalue weighted by atomic mass is 32.1. The summed E-state index contributed by atoms with van der Waals surface area (Å²) in [6.45, 7) is 0.639. The molecule has 0 aliphatic rings.